The van der Waals surface area contributed by atoms with Gasteiger partial charge in [-0.05, 0) is 6.42 Å². The van der Waals surface area contributed by atoms with Crippen LogP contribution in [0.3, 0.4) is 0 Å². The first kappa shape index (κ1) is 14.3. The van der Waals surface area contributed by atoms with Gasteiger partial charge in [-0.25, -0.2) is 4.98 Å². The molecule has 0 amide bonds. The summed E-state index contributed by atoms with van der Waals surface area (Å²) >= 11 is 1.09. The van der Waals surface area contributed by atoms with E-state index in [2.05, 4.69) is 4.98 Å². The summed E-state index contributed by atoms with van der Waals surface area (Å²) in [6.45, 7) is 2.02. The van der Waals surface area contributed by atoms with E-state index in [9.17, 15) is 13.8 Å². The lowest BCUT2D eigenvalue weighted by atomic mass is 9.92. The maximum atomic E-state index is 12.4. The number of nitrogens with zero attached hydrogens (tertiary/aromatic N) is 1. The standard InChI is InChI=1S/C15H13NO3S2/c1-2-3-8-21(19)15-16-11-12(17)9-6-4-5-7-10(9)13(18)14(11)20-15/h4-7H,2-3,8H2,1H3. The summed E-state index contributed by atoms with van der Waals surface area (Å²) in [5.74, 6) is 0.0599. The van der Waals surface area contributed by atoms with Crippen molar-refractivity contribution in [3.05, 3.63) is 46.0 Å². The van der Waals surface area contributed by atoms with Gasteiger partial charge in [0.05, 0.1) is 10.8 Å². The van der Waals surface area contributed by atoms with Gasteiger partial charge in [-0.2, -0.15) is 0 Å². The zero-order chi connectivity index (χ0) is 15.0. The van der Waals surface area contributed by atoms with Crippen LogP contribution in [0, 0.1) is 0 Å². The van der Waals surface area contributed by atoms with Crippen LogP contribution in [0.25, 0.3) is 0 Å². The molecular weight excluding hydrogens is 306 g/mol. The van der Waals surface area contributed by atoms with Crippen LogP contribution in [-0.2, 0) is 10.8 Å². The molecule has 1 unspecified atom stereocenters. The second-order valence-corrected chi connectivity index (χ2v) is 7.51. The summed E-state index contributed by atoms with van der Waals surface area (Å²) in [4.78, 5) is 29.3. The van der Waals surface area contributed by atoms with Crippen molar-refractivity contribution in [2.24, 2.45) is 0 Å². The summed E-state index contributed by atoms with van der Waals surface area (Å²) < 4.78 is 12.5. The summed E-state index contributed by atoms with van der Waals surface area (Å²) in [5, 5.41) is 0. The number of fused-ring (bicyclic) bond motifs is 2. The van der Waals surface area contributed by atoms with Crippen molar-refractivity contribution >= 4 is 33.7 Å². The molecule has 6 heteroatoms. The average molecular weight is 319 g/mol. The number of carbonyl (C=O) groups is 2. The SMILES string of the molecule is CCCCS(=O)c1nc2c(s1)C(=O)c1ccccc1C2=O. The van der Waals surface area contributed by atoms with Gasteiger partial charge in [-0.1, -0.05) is 37.6 Å². The van der Waals surface area contributed by atoms with Crippen LogP contribution in [0.5, 0.6) is 0 Å². The summed E-state index contributed by atoms with van der Waals surface area (Å²) in [7, 11) is -1.24. The number of rotatable bonds is 4. The largest absolute Gasteiger partial charge is 0.288 e. The zero-order valence-corrected chi connectivity index (χ0v) is 13.1. The molecular formula is C15H13NO3S2. The second kappa shape index (κ2) is 5.61. The molecule has 0 fully saturated rings. The normalized spacial score (nSPS) is 14.7. The lowest BCUT2D eigenvalue weighted by molar-refractivity contribution is 0.0979. The number of unbranched alkanes of at least 4 members (excludes halogenated alkanes) is 1. The van der Waals surface area contributed by atoms with Crippen LogP contribution in [0.2, 0.25) is 0 Å². The number of hydrogen-bond donors (Lipinski definition) is 0. The first-order valence-electron chi connectivity index (χ1n) is 6.71. The number of ketones is 2. The molecule has 108 valence electrons. The minimum Gasteiger partial charge on any atom is -0.288 e. The molecule has 0 radical (unpaired) electrons. The van der Waals surface area contributed by atoms with Crippen LogP contribution in [0.4, 0.5) is 0 Å². The Bertz CT molecular complexity index is 712. The second-order valence-electron chi connectivity index (χ2n) is 4.76. The highest BCUT2D eigenvalue weighted by atomic mass is 32.2. The van der Waals surface area contributed by atoms with Gasteiger partial charge in [-0.3, -0.25) is 13.8 Å². The van der Waals surface area contributed by atoms with E-state index in [0.717, 1.165) is 24.2 Å². The number of carbonyl (C=O) groups excluding carboxylic acids is 2. The predicted molar refractivity (Wildman–Crippen MR) is 81.6 cm³/mol. The Morgan fingerprint density at radius 2 is 1.81 bits per heavy atom. The first-order chi connectivity index (χ1) is 10.1. The van der Waals surface area contributed by atoms with Crippen LogP contribution < -0.4 is 0 Å². The molecule has 4 nitrogen and oxygen atoms in total. The van der Waals surface area contributed by atoms with Crippen molar-refractivity contribution in [1.29, 1.82) is 0 Å². The first-order valence-corrected chi connectivity index (χ1v) is 8.84. The van der Waals surface area contributed by atoms with Gasteiger partial charge in [0.2, 0.25) is 11.6 Å². The Labute approximate surface area is 128 Å². The Balaban J connectivity index is 2.03. The fourth-order valence-corrected chi connectivity index (χ4v) is 4.74. The van der Waals surface area contributed by atoms with E-state index in [1.807, 2.05) is 6.92 Å². The molecule has 1 aromatic carbocycles. The van der Waals surface area contributed by atoms with E-state index in [-0.39, 0.29) is 17.3 Å². The molecule has 0 bridgehead atoms. The monoisotopic (exact) mass is 319 g/mol. The highest BCUT2D eigenvalue weighted by Crippen LogP contribution is 2.32. The van der Waals surface area contributed by atoms with Gasteiger partial charge >= 0.3 is 0 Å². The third-order valence-corrected chi connectivity index (χ3v) is 6.12. The van der Waals surface area contributed by atoms with Crippen molar-refractivity contribution in [1.82, 2.24) is 4.98 Å². The number of benzene rings is 1. The number of hydrogen-bond acceptors (Lipinski definition) is 5. The van der Waals surface area contributed by atoms with Gasteiger partial charge < -0.3 is 0 Å². The molecule has 1 atom stereocenters. The van der Waals surface area contributed by atoms with Gasteiger partial charge in [-0.15, -0.1) is 11.3 Å². The molecule has 3 rings (SSSR count). The van der Waals surface area contributed by atoms with E-state index >= 15 is 0 Å². The van der Waals surface area contributed by atoms with Crippen molar-refractivity contribution in [3.8, 4) is 0 Å². The van der Waals surface area contributed by atoms with E-state index in [1.54, 1.807) is 24.3 Å². The molecule has 0 N–H and O–H groups in total. The molecule has 0 spiro atoms. The Hall–Kier alpha value is -1.66. The summed E-state index contributed by atoms with van der Waals surface area (Å²) in [6, 6.07) is 6.73. The lowest BCUT2D eigenvalue weighted by Crippen LogP contribution is -2.19. The van der Waals surface area contributed by atoms with Crippen LogP contribution >= 0.6 is 11.3 Å². The number of thiazole rings is 1. The molecule has 1 aromatic heterocycles. The van der Waals surface area contributed by atoms with Crippen molar-refractivity contribution in [2.75, 3.05) is 5.75 Å². The molecule has 1 aliphatic carbocycles. The van der Waals surface area contributed by atoms with E-state index < -0.39 is 10.8 Å². The minimum absolute atomic E-state index is 0.156. The highest BCUT2D eigenvalue weighted by Gasteiger charge is 2.33. The molecule has 0 saturated carbocycles. The molecule has 21 heavy (non-hydrogen) atoms. The van der Waals surface area contributed by atoms with Crippen molar-refractivity contribution in [3.63, 3.8) is 0 Å². The van der Waals surface area contributed by atoms with Gasteiger partial charge in [0.15, 0.2) is 4.34 Å². The molecule has 1 aliphatic rings. The fraction of sp³-hybridized carbons (Fsp3) is 0.267. The van der Waals surface area contributed by atoms with Crippen LogP contribution in [0.15, 0.2) is 28.6 Å². The van der Waals surface area contributed by atoms with E-state index in [4.69, 9.17) is 0 Å². The molecule has 0 aliphatic heterocycles. The van der Waals surface area contributed by atoms with E-state index in [1.165, 1.54) is 0 Å². The maximum Gasteiger partial charge on any atom is 0.213 e. The van der Waals surface area contributed by atoms with Crippen molar-refractivity contribution < 1.29 is 13.8 Å². The lowest BCUT2D eigenvalue weighted by Gasteiger charge is -2.11. The average Bonchev–Trinajstić information content (AvgIpc) is 2.96. The fourth-order valence-electron chi connectivity index (χ4n) is 2.20. The summed E-state index contributed by atoms with van der Waals surface area (Å²) in [5.41, 5.74) is 0.944. The zero-order valence-electron chi connectivity index (χ0n) is 11.4. The Morgan fingerprint density at radius 3 is 2.48 bits per heavy atom. The molecule has 2 aromatic rings. The minimum atomic E-state index is -1.24. The molecule has 0 saturated heterocycles. The van der Waals surface area contributed by atoms with Gasteiger partial charge in [0.25, 0.3) is 0 Å². The van der Waals surface area contributed by atoms with E-state index in [0.29, 0.717) is 26.1 Å². The van der Waals surface area contributed by atoms with Crippen molar-refractivity contribution in [2.45, 2.75) is 24.1 Å². The quantitative estimate of drug-likeness (QED) is 0.742. The molecule has 1 heterocycles. The smallest absolute Gasteiger partial charge is 0.213 e. The number of aromatic nitrogens is 1. The highest BCUT2D eigenvalue weighted by molar-refractivity contribution is 7.87. The Kier molecular flexibility index (Phi) is 3.82. The predicted octanol–water partition coefficient (Wildman–Crippen LogP) is 2.83. The summed E-state index contributed by atoms with van der Waals surface area (Å²) in [6.07, 6.45) is 1.78. The van der Waals surface area contributed by atoms with Crippen LogP contribution in [-0.4, -0.2) is 26.5 Å². The van der Waals surface area contributed by atoms with Gasteiger partial charge in [0.1, 0.15) is 10.6 Å². The Morgan fingerprint density at radius 1 is 1.14 bits per heavy atom. The third-order valence-electron chi connectivity index (χ3n) is 3.32. The topological polar surface area (TPSA) is 64.1 Å². The van der Waals surface area contributed by atoms with Crippen LogP contribution in [0.1, 0.15) is 51.1 Å². The maximum absolute atomic E-state index is 12.4. The van der Waals surface area contributed by atoms with Gasteiger partial charge in [0, 0.05) is 16.9 Å². The third kappa shape index (κ3) is 2.38.